The zero-order valence-corrected chi connectivity index (χ0v) is 12.6. The summed E-state index contributed by atoms with van der Waals surface area (Å²) in [5.74, 6) is -0.405. The predicted octanol–water partition coefficient (Wildman–Crippen LogP) is 3.81. The SMILES string of the molecule is CCCCCOC(=O)C(C)ON=Cc1ccccc1Cl. The van der Waals surface area contributed by atoms with E-state index in [0.29, 0.717) is 11.6 Å². The molecule has 4 nitrogen and oxygen atoms in total. The van der Waals surface area contributed by atoms with Gasteiger partial charge in [-0.05, 0) is 19.4 Å². The molecule has 0 aromatic heterocycles. The van der Waals surface area contributed by atoms with Crippen molar-refractivity contribution in [3.63, 3.8) is 0 Å². The summed E-state index contributed by atoms with van der Waals surface area (Å²) in [5, 5.41) is 4.34. The number of halogens is 1. The predicted molar refractivity (Wildman–Crippen MR) is 80.1 cm³/mol. The molecule has 0 N–H and O–H groups in total. The van der Waals surface area contributed by atoms with Crippen LogP contribution in [0.2, 0.25) is 5.02 Å². The molecule has 0 saturated carbocycles. The van der Waals surface area contributed by atoms with Gasteiger partial charge in [-0.25, -0.2) is 4.79 Å². The molecular weight excluding hydrogens is 278 g/mol. The normalized spacial score (nSPS) is 12.3. The highest BCUT2D eigenvalue weighted by Crippen LogP contribution is 2.12. The summed E-state index contributed by atoms with van der Waals surface area (Å²) >= 11 is 5.96. The number of ether oxygens (including phenoxy) is 1. The van der Waals surface area contributed by atoms with Gasteiger partial charge in [0.2, 0.25) is 6.10 Å². The summed E-state index contributed by atoms with van der Waals surface area (Å²) in [7, 11) is 0. The molecule has 5 heteroatoms. The second-order valence-electron chi connectivity index (χ2n) is 4.38. The lowest BCUT2D eigenvalue weighted by Crippen LogP contribution is -2.22. The van der Waals surface area contributed by atoms with Crippen LogP contribution in [0.1, 0.15) is 38.7 Å². The van der Waals surface area contributed by atoms with Crippen molar-refractivity contribution in [1.82, 2.24) is 0 Å². The first-order valence-electron chi connectivity index (χ1n) is 6.75. The number of esters is 1. The average Bonchev–Trinajstić information content (AvgIpc) is 2.45. The van der Waals surface area contributed by atoms with Crippen molar-refractivity contribution in [2.24, 2.45) is 5.16 Å². The minimum absolute atomic E-state index is 0.405. The molecule has 0 aliphatic heterocycles. The van der Waals surface area contributed by atoms with Crippen molar-refractivity contribution >= 4 is 23.8 Å². The Balaban J connectivity index is 2.33. The topological polar surface area (TPSA) is 47.9 Å². The quantitative estimate of drug-likeness (QED) is 0.317. The van der Waals surface area contributed by atoms with Crippen LogP contribution in [0.4, 0.5) is 0 Å². The van der Waals surface area contributed by atoms with Gasteiger partial charge >= 0.3 is 5.97 Å². The lowest BCUT2D eigenvalue weighted by molar-refractivity contribution is -0.156. The van der Waals surface area contributed by atoms with E-state index in [1.807, 2.05) is 18.2 Å². The van der Waals surface area contributed by atoms with E-state index in [-0.39, 0.29) is 0 Å². The van der Waals surface area contributed by atoms with E-state index in [4.69, 9.17) is 21.2 Å². The first-order valence-corrected chi connectivity index (χ1v) is 7.13. The fourth-order valence-corrected chi connectivity index (χ4v) is 1.63. The Labute approximate surface area is 124 Å². The standard InChI is InChI=1S/C15H20ClNO3/c1-3-4-7-10-19-15(18)12(2)20-17-11-13-8-5-6-9-14(13)16/h5-6,8-9,11-12H,3-4,7,10H2,1-2H3. The summed E-state index contributed by atoms with van der Waals surface area (Å²) in [6, 6.07) is 7.24. The third-order valence-electron chi connectivity index (χ3n) is 2.64. The van der Waals surface area contributed by atoms with Gasteiger partial charge in [-0.2, -0.15) is 0 Å². The van der Waals surface area contributed by atoms with Crippen molar-refractivity contribution < 1.29 is 14.4 Å². The molecule has 1 atom stereocenters. The summed E-state index contributed by atoms with van der Waals surface area (Å²) in [6.45, 7) is 4.12. The lowest BCUT2D eigenvalue weighted by atomic mass is 10.2. The van der Waals surface area contributed by atoms with Gasteiger partial charge in [-0.15, -0.1) is 0 Å². The minimum atomic E-state index is -0.727. The number of carbonyl (C=O) groups is 1. The maximum atomic E-state index is 11.6. The molecule has 0 fully saturated rings. The number of benzene rings is 1. The second-order valence-corrected chi connectivity index (χ2v) is 4.79. The molecule has 1 unspecified atom stereocenters. The highest BCUT2D eigenvalue weighted by molar-refractivity contribution is 6.33. The fraction of sp³-hybridized carbons (Fsp3) is 0.467. The van der Waals surface area contributed by atoms with E-state index in [1.54, 1.807) is 13.0 Å². The molecule has 1 aromatic rings. The van der Waals surface area contributed by atoms with Crippen molar-refractivity contribution in [2.75, 3.05) is 6.61 Å². The summed E-state index contributed by atoms with van der Waals surface area (Å²) in [5.41, 5.74) is 0.734. The molecule has 0 bridgehead atoms. The van der Waals surface area contributed by atoms with E-state index >= 15 is 0 Å². The minimum Gasteiger partial charge on any atom is -0.463 e. The molecule has 0 aliphatic carbocycles. The van der Waals surface area contributed by atoms with Crippen LogP contribution in [0, 0.1) is 0 Å². The summed E-state index contributed by atoms with van der Waals surface area (Å²) in [4.78, 5) is 16.6. The molecule has 110 valence electrons. The molecule has 1 rings (SSSR count). The van der Waals surface area contributed by atoms with Gasteiger partial charge in [0.05, 0.1) is 12.8 Å². The van der Waals surface area contributed by atoms with Crippen molar-refractivity contribution in [3.05, 3.63) is 34.9 Å². The first kappa shape index (κ1) is 16.5. The molecule has 0 heterocycles. The van der Waals surface area contributed by atoms with Crippen LogP contribution in [-0.4, -0.2) is 24.9 Å². The second kappa shape index (κ2) is 9.37. The van der Waals surface area contributed by atoms with Crippen molar-refractivity contribution in [3.8, 4) is 0 Å². The fourth-order valence-electron chi connectivity index (χ4n) is 1.44. The number of carbonyl (C=O) groups excluding carboxylic acids is 1. The molecule has 0 aliphatic rings. The lowest BCUT2D eigenvalue weighted by Gasteiger charge is -2.09. The third-order valence-corrected chi connectivity index (χ3v) is 2.98. The molecule has 0 amide bonds. The third kappa shape index (κ3) is 6.06. The molecule has 0 radical (unpaired) electrons. The van der Waals surface area contributed by atoms with E-state index in [9.17, 15) is 4.79 Å². The Morgan fingerprint density at radius 1 is 1.40 bits per heavy atom. The number of nitrogens with zero attached hydrogens (tertiary/aromatic N) is 1. The Hall–Kier alpha value is -1.55. The Bertz CT molecular complexity index is 448. The molecular formula is C15H20ClNO3. The molecule has 1 aromatic carbocycles. The van der Waals surface area contributed by atoms with Crippen molar-refractivity contribution in [1.29, 1.82) is 0 Å². The number of oxime groups is 1. The van der Waals surface area contributed by atoms with E-state index < -0.39 is 12.1 Å². The number of hydrogen-bond donors (Lipinski definition) is 0. The average molecular weight is 298 g/mol. The maximum Gasteiger partial charge on any atom is 0.349 e. The monoisotopic (exact) mass is 297 g/mol. The van der Waals surface area contributed by atoms with Crippen molar-refractivity contribution in [2.45, 2.75) is 39.2 Å². The highest BCUT2D eigenvalue weighted by Gasteiger charge is 2.15. The zero-order valence-electron chi connectivity index (χ0n) is 11.8. The van der Waals surface area contributed by atoms with Crippen LogP contribution in [-0.2, 0) is 14.4 Å². The van der Waals surface area contributed by atoms with Gasteiger partial charge in [-0.1, -0.05) is 54.7 Å². The van der Waals surface area contributed by atoms with Crippen LogP contribution in [0.5, 0.6) is 0 Å². The Kier molecular flexibility index (Phi) is 7.73. The van der Waals surface area contributed by atoms with E-state index in [0.717, 1.165) is 24.8 Å². The van der Waals surface area contributed by atoms with Crippen LogP contribution in [0.25, 0.3) is 0 Å². The largest absolute Gasteiger partial charge is 0.463 e. The van der Waals surface area contributed by atoms with Crippen LogP contribution < -0.4 is 0 Å². The summed E-state index contributed by atoms with van der Waals surface area (Å²) < 4.78 is 5.07. The van der Waals surface area contributed by atoms with Gasteiger partial charge in [0.15, 0.2) is 0 Å². The summed E-state index contributed by atoms with van der Waals surface area (Å²) in [6.07, 6.45) is 3.76. The maximum absolute atomic E-state index is 11.6. The van der Waals surface area contributed by atoms with E-state index in [2.05, 4.69) is 12.1 Å². The smallest absolute Gasteiger partial charge is 0.349 e. The number of rotatable bonds is 8. The van der Waals surface area contributed by atoms with Gasteiger partial charge in [-0.3, -0.25) is 0 Å². The van der Waals surface area contributed by atoms with Gasteiger partial charge < -0.3 is 9.57 Å². The van der Waals surface area contributed by atoms with Gasteiger partial charge in [0, 0.05) is 10.6 Å². The zero-order chi connectivity index (χ0) is 14.8. The molecule has 20 heavy (non-hydrogen) atoms. The Morgan fingerprint density at radius 2 is 2.15 bits per heavy atom. The Morgan fingerprint density at radius 3 is 2.85 bits per heavy atom. The molecule has 0 saturated heterocycles. The van der Waals surface area contributed by atoms with Crippen LogP contribution >= 0.6 is 11.6 Å². The van der Waals surface area contributed by atoms with Gasteiger partial charge in [0.25, 0.3) is 0 Å². The molecule has 0 spiro atoms. The van der Waals surface area contributed by atoms with Crippen LogP contribution in [0.3, 0.4) is 0 Å². The van der Waals surface area contributed by atoms with E-state index in [1.165, 1.54) is 6.21 Å². The number of unbranched alkanes of at least 4 members (excludes halogenated alkanes) is 2. The highest BCUT2D eigenvalue weighted by atomic mass is 35.5. The van der Waals surface area contributed by atoms with Gasteiger partial charge in [0.1, 0.15) is 0 Å². The van der Waals surface area contributed by atoms with Crippen LogP contribution in [0.15, 0.2) is 29.4 Å². The number of hydrogen-bond acceptors (Lipinski definition) is 4. The first-order chi connectivity index (χ1) is 9.65.